The van der Waals surface area contributed by atoms with E-state index in [-0.39, 0.29) is 5.91 Å². The minimum Gasteiger partial charge on any atom is -0.396 e. The van der Waals surface area contributed by atoms with E-state index in [1.807, 2.05) is 0 Å². The Kier molecular flexibility index (Phi) is 3.39. The standard InChI is InChI=1S/C10H12BrN3OS/c11-7-2-8(12)10(13-3-7)14-4-6(5-16)1-9(14)15/h2-3,6,16H,1,4-5,12H2. The zero-order valence-electron chi connectivity index (χ0n) is 8.56. The van der Waals surface area contributed by atoms with Crippen LogP contribution in [0.3, 0.4) is 0 Å². The summed E-state index contributed by atoms with van der Waals surface area (Å²) in [6.07, 6.45) is 2.17. The summed E-state index contributed by atoms with van der Waals surface area (Å²) in [5.74, 6) is 1.62. The minimum absolute atomic E-state index is 0.0700. The van der Waals surface area contributed by atoms with Crippen LogP contribution >= 0.6 is 28.6 Å². The Labute approximate surface area is 108 Å². The topological polar surface area (TPSA) is 59.2 Å². The lowest BCUT2D eigenvalue weighted by Gasteiger charge is -2.17. The number of anilines is 2. The van der Waals surface area contributed by atoms with Crippen LogP contribution in [0, 0.1) is 5.92 Å². The Balaban J connectivity index is 2.28. The van der Waals surface area contributed by atoms with Crippen molar-refractivity contribution in [2.24, 2.45) is 5.92 Å². The molecule has 1 unspecified atom stereocenters. The lowest BCUT2D eigenvalue weighted by Crippen LogP contribution is -2.26. The van der Waals surface area contributed by atoms with Gasteiger partial charge in [-0.25, -0.2) is 4.98 Å². The second-order valence-corrected chi connectivity index (χ2v) is 5.10. The molecule has 1 atom stereocenters. The van der Waals surface area contributed by atoms with Crippen LogP contribution in [0.25, 0.3) is 0 Å². The average molecular weight is 302 g/mol. The van der Waals surface area contributed by atoms with Gasteiger partial charge in [0.15, 0.2) is 5.82 Å². The van der Waals surface area contributed by atoms with Crippen molar-refractivity contribution in [2.75, 3.05) is 22.9 Å². The van der Waals surface area contributed by atoms with E-state index < -0.39 is 0 Å². The molecule has 0 aromatic carbocycles. The first-order valence-electron chi connectivity index (χ1n) is 4.94. The fourth-order valence-electron chi connectivity index (χ4n) is 1.78. The van der Waals surface area contributed by atoms with Crippen molar-refractivity contribution in [3.63, 3.8) is 0 Å². The van der Waals surface area contributed by atoms with Crippen LogP contribution < -0.4 is 10.6 Å². The van der Waals surface area contributed by atoms with Gasteiger partial charge in [0, 0.05) is 23.6 Å². The number of thiol groups is 1. The molecule has 1 saturated heterocycles. The minimum atomic E-state index is 0.0700. The first kappa shape index (κ1) is 11.7. The molecule has 1 aliphatic heterocycles. The predicted octanol–water partition coefficient (Wildman–Crippen LogP) is 1.71. The van der Waals surface area contributed by atoms with Gasteiger partial charge in [0.2, 0.25) is 5.91 Å². The lowest BCUT2D eigenvalue weighted by atomic mass is 10.1. The number of hydrogen-bond donors (Lipinski definition) is 2. The van der Waals surface area contributed by atoms with Gasteiger partial charge in [-0.05, 0) is 33.7 Å². The largest absolute Gasteiger partial charge is 0.396 e. The summed E-state index contributed by atoms with van der Waals surface area (Å²) in [5, 5.41) is 0. The zero-order chi connectivity index (χ0) is 11.7. The van der Waals surface area contributed by atoms with Gasteiger partial charge in [0.05, 0.1) is 5.69 Å². The highest BCUT2D eigenvalue weighted by Crippen LogP contribution is 2.29. The Morgan fingerprint density at radius 2 is 2.44 bits per heavy atom. The van der Waals surface area contributed by atoms with E-state index in [0.29, 0.717) is 36.1 Å². The van der Waals surface area contributed by atoms with Gasteiger partial charge < -0.3 is 5.73 Å². The highest BCUT2D eigenvalue weighted by Gasteiger charge is 2.31. The van der Waals surface area contributed by atoms with E-state index in [9.17, 15) is 4.79 Å². The number of hydrogen-bond acceptors (Lipinski definition) is 4. The third kappa shape index (κ3) is 2.17. The van der Waals surface area contributed by atoms with Crippen molar-refractivity contribution in [2.45, 2.75) is 6.42 Å². The fraction of sp³-hybridized carbons (Fsp3) is 0.400. The lowest BCUT2D eigenvalue weighted by molar-refractivity contribution is -0.117. The molecule has 1 aromatic rings. The maximum Gasteiger partial charge on any atom is 0.228 e. The number of carbonyl (C=O) groups excluding carboxylic acids is 1. The summed E-state index contributed by atoms with van der Waals surface area (Å²) < 4.78 is 0.811. The summed E-state index contributed by atoms with van der Waals surface area (Å²) in [6.45, 7) is 0.654. The number of rotatable bonds is 2. The molecule has 16 heavy (non-hydrogen) atoms. The quantitative estimate of drug-likeness (QED) is 0.818. The van der Waals surface area contributed by atoms with E-state index in [1.165, 1.54) is 0 Å². The molecular formula is C10H12BrN3OS. The number of halogens is 1. The second kappa shape index (κ2) is 4.63. The van der Waals surface area contributed by atoms with Crippen LogP contribution in [-0.4, -0.2) is 23.2 Å². The number of aromatic nitrogens is 1. The van der Waals surface area contributed by atoms with Crippen LogP contribution in [0.1, 0.15) is 6.42 Å². The van der Waals surface area contributed by atoms with Gasteiger partial charge in [0.25, 0.3) is 0 Å². The molecule has 0 radical (unpaired) electrons. The molecule has 2 N–H and O–H groups in total. The van der Waals surface area contributed by atoms with Gasteiger partial charge in [-0.2, -0.15) is 12.6 Å². The summed E-state index contributed by atoms with van der Waals surface area (Å²) in [5.41, 5.74) is 6.36. The van der Waals surface area contributed by atoms with Crippen molar-refractivity contribution < 1.29 is 4.79 Å². The van der Waals surface area contributed by atoms with E-state index in [2.05, 4.69) is 33.5 Å². The maximum atomic E-state index is 11.8. The van der Waals surface area contributed by atoms with Gasteiger partial charge in [-0.1, -0.05) is 0 Å². The molecule has 4 nitrogen and oxygen atoms in total. The normalized spacial score (nSPS) is 20.5. The molecule has 2 rings (SSSR count). The molecule has 0 aliphatic carbocycles. The van der Waals surface area contributed by atoms with E-state index in [1.54, 1.807) is 17.2 Å². The average Bonchev–Trinajstić information content (AvgIpc) is 2.60. The number of pyridine rings is 1. The molecular weight excluding hydrogens is 290 g/mol. The molecule has 2 heterocycles. The predicted molar refractivity (Wildman–Crippen MR) is 70.7 cm³/mol. The third-order valence-electron chi connectivity index (χ3n) is 2.58. The van der Waals surface area contributed by atoms with Gasteiger partial charge >= 0.3 is 0 Å². The molecule has 6 heteroatoms. The van der Waals surface area contributed by atoms with Gasteiger partial charge in [-0.15, -0.1) is 0 Å². The maximum absolute atomic E-state index is 11.8. The van der Waals surface area contributed by atoms with Crippen molar-refractivity contribution >= 4 is 46.0 Å². The number of nitrogens with two attached hydrogens (primary N) is 1. The van der Waals surface area contributed by atoms with Crippen molar-refractivity contribution in [3.05, 3.63) is 16.7 Å². The Hall–Kier alpha value is -0.750. The van der Waals surface area contributed by atoms with Crippen LogP contribution in [-0.2, 0) is 4.79 Å². The highest BCUT2D eigenvalue weighted by atomic mass is 79.9. The second-order valence-electron chi connectivity index (χ2n) is 3.82. The molecule has 1 aromatic heterocycles. The fourth-order valence-corrected chi connectivity index (χ4v) is 2.38. The molecule has 1 fully saturated rings. The number of nitrogen functional groups attached to an aromatic ring is 1. The number of amides is 1. The Morgan fingerprint density at radius 3 is 3.00 bits per heavy atom. The third-order valence-corrected chi connectivity index (χ3v) is 3.53. The number of nitrogens with zero attached hydrogens (tertiary/aromatic N) is 2. The van der Waals surface area contributed by atoms with Crippen LogP contribution in [0.2, 0.25) is 0 Å². The first-order valence-corrected chi connectivity index (χ1v) is 6.36. The van der Waals surface area contributed by atoms with Gasteiger partial charge in [-0.3, -0.25) is 9.69 Å². The summed E-state index contributed by atoms with van der Waals surface area (Å²) in [6, 6.07) is 1.75. The molecule has 86 valence electrons. The molecule has 1 amide bonds. The molecule has 0 bridgehead atoms. The zero-order valence-corrected chi connectivity index (χ0v) is 11.0. The summed E-state index contributed by atoms with van der Waals surface area (Å²) in [4.78, 5) is 17.6. The van der Waals surface area contributed by atoms with E-state index in [4.69, 9.17) is 5.73 Å². The Bertz CT molecular complexity index is 427. The highest BCUT2D eigenvalue weighted by molar-refractivity contribution is 9.10. The summed E-state index contributed by atoms with van der Waals surface area (Å²) >= 11 is 7.50. The smallest absolute Gasteiger partial charge is 0.228 e. The van der Waals surface area contributed by atoms with Crippen LogP contribution in [0.4, 0.5) is 11.5 Å². The Morgan fingerprint density at radius 1 is 1.69 bits per heavy atom. The molecule has 0 spiro atoms. The van der Waals surface area contributed by atoms with Gasteiger partial charge in [0.1, 0.15) is 0 Å². The number of carbonyl (C=O) groups is 1. The summed E-state index contributed by atoms with van der Waals surface area (Å²) in [7, 11) is 0. The first-order chi connectivity index (χ1) is 7.61. The van der Waals surface area contributed by atoms with Crippen molar-refractivity contribution in [1.82, 2.24) is 4.98 Å². The monoisotopic (exact) mass is 301 g/mol. The van der Waals surface area contributed by atoms with E-state index >= 15 is 0 Å². The van der Waals surface area contributed by atoms with E-state index in [0.717, 1.165) is 4.47 Å². The van der Waals surface area contributed by atoms with Crippen molar-refractivity contribution in [3.8, 4) is 0 Å². The molecule has 0 saturated carbocycles. The SMILES string of the molecule is Nc1cc(Br)cnc1N1CC(CS)CC1=O. The molecule has 1 aliphatic rings. The van der Waals surface area contributed by atoms with Crippen LogP contribution in [0.15, 0.2) is 16.7 Å². The van der Waals surface area contributed by atoms with Crippen LogP contribution in [0.5, 0.6) is 0 Å². The van der Waals surface area contributed by atoms with Crippen molar-refractivity contribution in [1.29, 1.82) is 0 Å².